The molecule has 16 heavy (non-hydrogen) atoms. The van der Waals surface area contributed by atoms with E-state index in [1.165, 1.54) is 0 Å². The Morgan fingerprint density at radius 2 is 1.94 bits per heavy atom. The smallest absolute Gasteiger partial charge is 0.251 e. The molecule has 0 heterocycles. The van der Waals surface area contributed by atoms with Crippen molar-refractivity contribution in [2.24, 2.45) is 0 Å². The monoisotopic (exact) mass is 221 g/mol. The molecule has 0 fully saturated rings. The predicted octanol–water partition coefficient (Wildman–Crippen LogP) is 0.949. The summed E-state index contributed by atoms with van der Waals surface area (Å²) in [6.07, 6.45) is 0. The zero-order valence-electron chi connectivity index (χ0n) is 10.0. The third-order valence-corrected chi connectivity index (χ3v) is 2.19. The van der Waals surface area contributed by atoms with Crippen LogP contribution in [0, 0.1) is 0 Å². The molecule has 1 aromatic rings. The van der Waals surface area contributed by atoms with Gasteiger partial charge < -0.3 is 16.0 Å². The van der Waals surface area contributed by atoms with Gasteiger partial charge in [0.2, 0.25) is 0 Å². The fourth-order valence-corrected chi connectivity index (χ4v) is 1.53. The first kappa shape index (κ1) is 12.5. The molecule has 0 aliphatic carbocycles. The number of nitrogens with zero attached hydrogens (tertiary/aromatic N) is 1. The largest absolute Gasteiger partial charge is 0.399 e. The number of benzene rings is 1. The summed E-state index contributed by atoms with van der Waals surface area (Å²) >= 11 is 0. The molecule has 1 unspecified atom stereocenters. The molecule has 1 rings (SSSR count). The number of amides is 1. The lowest BCUT2D eigenvalue weighted by molar-refractivity contribution is 0.0934. The summed E-state index contributed by atoms with van der Waals surface area (Å²) in [6, 6.07) is 7.04. The normalized spacial score (nSPS) is 12.5. The number of nitrogen functional groups attached to an aromatic ring is 1. The molecule has 0 aliphatic rings. The molecular formula is C12H19N3O. The van der Waals surface area contributed by atoms with Crippen molar-refractivity contribution in [3.8, 4) is 0 Å². The van der Waals surface area contributed by atoms with E-state index in [9.17, 15) is 4.79 Å². The number of hydrogen-bond acceptors (Lipinski definition) is 3. The highest BCUT2D eigenvalue weighted by atomic mass is 16.1. The second kappa shape index (κ2) is 5.51. The molecule has 0 saturated heterocycles. The summed E-state index contributed by atoms with van der Waals surface area (Å²) in [4.78, 5) is 13.8. The van der Waals surface area contributed by atoms with Crippen molar-refractivity contribution in [1.82, 2.24) is 10.2 Å². The maximum absolute atomic E-state index is 11.8. The van der Waals surface area contributed by atoms with Gasteiger partial charge in [0, 0.05) is 23.8 Å². The van der Waals surface area contributed by atoms with Crippen LogP contribution in [-0.2, 0) is 0 Å². The van der Waals surface area contributed by atoms with Gasteiger partial charge in [0.05, 0.1) is 0 Å². The molecule has 1 aromatic carbocycles. The lowest BCUT2D eigenvalue weighted by Gasteiger charge is -2.18. The van der Waals surface area contributed by atoms with Crippen molar-refractivity contribution in [2.45, 2.75) is 13.0 Å². The molecule has 0 bridgehead atoms. The molecule has 0 spiro atoms. The van der Waals surface area contributed by atoms with Crippen LogP contribution >= 0.6 is 0 Å². The van der Waals surface area contributed by atoms with Gasteiger partial charge in [-0.1, -0.05) is 0 Å². The van der Waals surface area contributed by atoms with Gasteiger partial charge in [-0.25, -0.2) is 0 Å². The molecule has 1 atom stereocenters. The second-order valence-electron chi connectivity index (χ2n) is 4.26. The number of carbonyl (C=O) groups is 1. The van der Waals surface area contributed by atoms with Crippen molar-refractivity contribution in [1.29, 1.82) is 0 Å². The van der Waals surface area contributed by atoms with Crippen LogP contribution < -0.4 is 11.1 Å². The summed E-state index contributed by atoms with van der Waals surface area (Å²) in [5, 5.41) is 2.93. The molecule has 0 saturated carbocycles. The fraction of sp³-hybridized carbons (Fsp3) is 0.417. The van der Waals surface area contributed by atoms with Crippen LogP contribution in [0.1, 0.15) is 17.3 Å². The number of hydrogen-bond donors (Lipinski definition) is 2. The van der Waals surface area contributed by atoms with Crippen molar-refractivity contribution < 1.29 is 4.79 Å². The third kappa shape index (κ3) is 3.90. The van der Waals surface area contributed by atoms with Gasteiger partial charge in [0.15, 0.2) is 0 Å². The standard InChI is InChI=1S/C12H19N3O/c1-9(8-15(2)3)14-12(16)10-4-6-11(13)7-5-10/h4-7,9H,8,13H2,1-3H3,(H,14,16). The van der Waals surface area contributed by atoms with Crippen LogP contribution in [0.25, 0.3) is 0 Å². The Bertz CT molecular complexity index is 346. The van der Waals surface area contributed by atoms with Crippen molar-refractivity contribution >= 4 is 11.6 Å². The van der Waals surface area contributed by atoms with Crippen LogP contribution in [0.4, 0.5) is 5.69 Å². The lowest BCUT2D eigenvalue weighted by atomic mass is 10.2. The van der Waals surface area contributed by atoms with E-state index in [4.69, 9.17) is 5.73 Å². The van der Waals surface area contributed by atoms with Gasteiger partial charge in [-0.2, -0.15) is 0 Å². The van der Waals surface area contributed by atoms with E-state index in [-0.39, 0.29) is 11.9 Å². The van der Waals surface area contributed by atoms with Crippen molar-refractivity contribution in [2.75, 3.05) is 26.4 Å². The minimum absolute atomic E-state index is 0.0608. The summed E-state index contributed by atoms with van der Waals surface area (Å²) in [5.74, 6) is -0.0608. The summed E-state index contributed by atoms with van der Waals surface area (Å²) in [7, 11) is 3.96. The molecule has 1 amide bonds. The van der Waals surface area contributed by atoms with Crippen molar-refractivity contribution in [3.05, 3.63) is 29.8 Å². The van der Waals surface area contributed by atoms with Crippen LogP contribution in [0.2, 0.25) is 0 Å². The zero-order chi connectivity index (χ0) is 12.1. The molecule has 0 aliphatic heterocycles. The number of carbonyl (C=O) groups excluding carboxylic acids is 1. The number of anilines is 1. The van der Waals surface area contributed by atoms with Gasteiger partial charge in [-0.05, 0) is 45.3 Å². The van der Waals surface area contributed by atoms with E-state index in [2.05, 4.69) is 5.32 Å². The highest BCUT2D eigenvalue weighted by molar-refractivity contribution is 5.94. The minimum Gasteiger partial charge on any atom is -0.399 e. The van der Waals surface area contributed by atoms with E-state index in [0.29, 0.717) is 11.3 Å². The average Bonchev–Trinajstić information content (AvgIpc) is 2.16. The van der Waals surface area contributed by atoms with Crippen LogP contribution in [0.3, 0.4) is 0 Å². The highest BCUT2D eigenvalue weighted by Crippen LogP contribution is 2.05. The first-order chi connectivity index (χ1) is 7.49. The van der Waals surface area contributed by atoms with Crippen LogP contribution in [0.15, 0.2) is 24.3 Å². The van der Waals surface area contributed by atoms with E-state index >= 15 is 0 Å². The Morgan fingerprint density at radius 3 is 2.44 bits per heavy atom. The first-order valence-electron chi connectivity index (χ1n) is 5.30. The van der Waals surface area contributed by atoms with Gasteiger partial charge in [0.25, 0.3) is 5.91 Å². The molecule has 4 nitrogen and oxygen atoms in total. The van der Waals surface area contributed by atoms with E-state index < -0.39 is 0 Å². The summed E-state index contributed by atoms with van der Waals surface area (Å²) < 4.78 is 0. The fourth-order valence-electron chi connectivity index (χ4n) is 1.53. The summed E-state index contributed by atoms with van der Waals surface area (Å²) in [6.45, 7) is 2.80. The Balaban J connectivity index is 2.55. The molecule has 0 radical (unpaired) electrons. The molecule has 0 aromatic heterocycles. The van der Waals surface area contributed by atoms with Crippen LogP contribution in [0.5, 0.6) is 0 Å². The van der Waals surface area contributed by atoms with E-state index in [1.807, 2.05) is 25.9 Å². The first-order valence-corrected chi connectivity index (χ1v) is 5.30. The molecule has 88 valence electrons. The maximum Gasteiger partial charge on any atom is 0.251 e. The number of likely N-dealkylation sites (N-methyl/N-ethyl adjacent to an activating group) is 1. The summed E-state index contributed by atoms with van der Waals surface area (Å²) in [5.41, 5.74) is 6.86. The van der Waals surface area contributed by atoms with Gasteiger partial charge in [-0.15, -0.1) is 0 Å². The molecule has 3 N–H and O–H groups in total. The number of nitrogens with two attached hydrogens (primary N) is 1. The lowest BCUT2D eigenvalue weighted by Crippen LogP contribution is -2.39. The average molecular weight is 221 g/mol. The predicted molar refractivity (Wildman–Crippen MR) is 66.3 cm³/mol. The topological polar surface area (TPSA) is 58.4 Å². The number of nitrogens with one attached hydrogen (secondary N) is 1. The SMILES string of the molecule is CC(CN(C)C)NC(=O)c1ccc(N)cc1. The Morgan fingerprint density at radius 1 is 1.38 bits per heavy atom. The van der Waals surface area contributed by atoms with Crippen molar-refractivity contribution in [3.63, 3.8) is 0 Å². The quantitative estimate of drug-likeness (QED) is 0.744. The minimum atomic E-state index is -0.0608. The van der Waals surface area contributed by atoms with Crippen LogP contribution in [-0.4, -0.2) is 37.5 Å². The Kier molecular flexibility index (Phi) is 4.31. The number of rotatable bonds is 4. The highest BCUT2D eigenvalue weighted by Gasteiger charge is 2.09. The molecule has 4 heteroatoms. The maximum atomic E-state index is 11.8. The van der Waals surface area contributed by atoms with E-state index in [1.54, 1.807) is 24.3 Å². The van der Waals surface area contributed by atoms with Gasteiger partial charge >= 0.3 is 0 Å². The zero-order valence-corrected chi connectivity index (χ0v) is 10.0. The Labute approximate surface area is 96.4 Å². The third-order valence-electron chi connectivity index (χ3n) is 2.19. The molecular weight excluding hydrogens is 202 g/mol. The van der Waals surface area contributed by atoms with Gasteiger partial charge in [-0.3, -0.25) is 4.79 Å². The van der Waals surface area contributed by atoms with Gasteiger partial charge in [0.1, 0.15) is 0 Å². The van der Waals surface area contributed by atoms with E-state index in [0.717, 1.165) is 6.54 Å². The second-order valence-corrected chi connectivity index (χ2v) is 4.26. The Hall–Kier alpha value is -1.55.